The molecular formula is C29H35Cl2N3O5S. The summed E-state index contributed by atoms with van der Waals surface area (Å²) in [5.74, 6) is 1.65. The summed E-state index contributed by atoms with van der Waals surface area (Å²) in [6.45, 7) is 2.80. The van der Waals surface area contributed by atoms with Gasteiger partial charge in [-0.05, 0) is 86.8 Å². The molecule has 0 aliphatic carbocycles. The fourth-order valence-electron chi connectivity index (χ4n) is 4.51. The third-order valence-electron chi connectivity index (χ3n) is 6.69. The second-order valence-electron chi connectivity index (χ2n) is 9.47. The molecule has 8 nitrogen and oxygen atoms in total. The van der Waals surface area contributed by atoms with Crippen LogP contribution < -0.4 is 24.8 Å². The number of amides is 1. The van der Waals surface area contributed by atoms with Gasteiger partial charge in [-0.2, -0.15) is 0 Å². The van der Waals surface area contributed by atoms with E-state index in [-0.39, 0.29) is 34.6 Å². The Morgan fingerprint density at radius 1 is 0.975 bits per heavy atom. The van der Waals surface area contributed by atoms with Crippen molar-refractivity contribution in [2.24, 2.45) is 5.92 Å². The van der Waals surface area contributed by atoms with Crippen LogP contribution in [0.25, 0.3) is 0 Å². The Labute approximate surface area is 247 Å². The van der Waals surface area contributed by atoms with Crippen LogP contribution in [0.3, 0.4) is 0 Å². The van der Waals surface area contributed by atoms with E-state index < -0.39 is 10.0 Å². The van der Waals surface area contributed by atoms with E-state index in [1.54, 1.807) is 42.5 Å². The zero-order chi connectivity index (χ0) is 27.7. The summed E-state index contributed by atoms with van der Waals surface area (Å²) in [5, 5.41) is 6.79. The van der Waals surface area contributed by atoms with E-state index in [9.17, 15) is 13.2 Å². The highest BCUT2D eigenvalue weighted by molar-refractivity contribution is 7.92. The van der Waals surface area contributed by atoms with Crippen molar-refractivity contribution in [3.63, 3.8) is 0 Å². The van der Waals surface area contributed by atoms with Crippen LogP contribution in [-0.2, 0) is 10.0 Å². The molecule has 3 aromatic carbocycles. The third-order valence-corrected chi connectivity index (χ3v) is 8.30. The van der Waals surface area contributed by atoms with Crippen molar-refractivity contribution in [2.75, 3.05) is 31.5 Å². The van der Waals surface area contributed by atoms with Gasteiger partial charge in [-0.3, -0.25) is 9.52 Å². The molecule has 0 radical (unpaired) electrons. The average Bonchev–Trinajstić information content (AvgIpc) is 2.95. The molecule has 4 rings (SSSR count). The average molecular weight is 609 g/mol. The largest absolute Gasteiger partial charge is 0.493 e. The van der Waals surface area contributed by atoms with E-state index >= 15 is 0 Å². The summed E-state index contributed by atoms with van der Waals surface area (Å²) in [4.78, 5) is 12.6. The summed E-state index contributed by atoms with van der Waals surface area (Å²) in [6.07, 6.45) is 5.66. The maximum atomic E-state index is 13.1. The molecule has 1 heterocycles. The van der Waals surface area contributed by atoms with Crippen molar-refractivity contribution in [1.82, 2.24) is 10.6 Å². The molecule has 0 unspecified atom stereocenters. The first-order valence-corrected chi connectivity index (χ1v) is 14.9. The van der Waals surface area contributed by atoms with Crippen LogP contribution in [0, 0.1) is 5.92 Å². The number of anilines is 1. The zero-order valence-electron chi connectivity index (χ0n) is 22.3. The van der Waals surface area contributed by atoms with Gasteiger partial charge in [0.2, 0.25) is 0 Å². The van der Waals surface area contributed by atoms with Crippen molar-refractivity contribution in [3.05, 3.63) is 77.3 Å². The molecule has 1 saturated heterocycles. The highest BCUT2D eigenvalue weighted by atomic mass is 35.5. The van der Waals surface area contributed by atoms with Crippen molar-refractivity contribution in [1.29, 1.82) is 0 Å². The molecule has 0 saturated carbocycles. The summed E-state index contributed by atoms with van der Waals surface area (Å²) >= 11 is 6.03. The Hall–Kier alpha value is -2.98. The number of methoxy groups -OCH3 is 1. The van der Waals surface area contributed by atoms with Crippen LogP contribution in [0.1, 0.15) is 42.5 Å². The van der Waals surface area contributed by atoms with Gasteiger partial charge in [0.05, 0.1) is 17.7 Å². The first kappa shape index (κ1) is 31.5. The lowest BCUT2D eigenvalue weighted by atomic mass is 9.92. The molecule has 1 aliphatic rings. The Kier molecular flexibility index (Phi) is 11.9. The second kappa shape index (κ2) is 15.1. The monoisotopic (exact) mass is 607 g/mol. The minimum absolute atomic E-state index is 0. The standard InChI is InChI=1S/C29H34ClN3O5S.ClH/c1-37-28-20-23(30)11-14-27(28)38-26-8-3-2-7-25(26)33-39(35,36)24-12-9-22(10-13-24)29(34)32-17-5-4-6-21-15-18-31-19-16-21;/h2-3,7-14,20-21,31,33H,4-6,15-19H2,1H3,(H,32,34);1H. The second-order valence-corrected chi connectivity index (χ2v) is 11.6. The number of halogens is 2. The molecule has 216 valence electrons. The van der Waals surface area contributed by atoms with Gasteiger partial charge in [0.25, 0.3) is 15.9 Å². The lowest BCUT2D eigenvalue weighted by Crippen LogP contribution is -2.28. The molecule has 3 N–H and O–H groups in total. The molecule has 3 aromatic rings. The number of sulfonamides is 1. The predicted octanol–water partition coefficient (Wildman–Crippen LogP) is 6.26. The van der Waals surface area contributed by atoms with Gasteiger partial charge in [0.1, 0.15) is 0 Å². The van der Waals surface area contributed by atoms with Crippen molar-refractivity contribution in [3.8, 4) is 17.2 Å². The van der Waals surface area contributed by atoms with E-state index in [2.05, 4.69) is 15.4 Å². The summed E-state index contributed by atoms with van der Waals surface area (Å²) in [5.41, 5.74) is 0.659. The molecule has 0 aromatic heterocycles. The van der Waals surface area contributed by atoms with Crippen LogP contribution >= 0.6 is 24.0 Å². The molecule has 0 spiro atoms. The number of nitrogens with one attached hydrogen (secondary N) is 3. The van der Waals surface area contributed by atoms with Crippen LogP contribution in [0.5, 0.6) is 17.2 Å². The fourth-order valence-corrected chi connectivity index (χ4v) is 5.74. The predicted molar refractivity (Wildman–Crippen MR) is 161 cm³/mol. The van der Waals surface area contributed by atoms with Gasteiger partial charge >= 0.3 is 0 Å². The Morgan fingerprint density at radius 3 is 2.42 bits per heavy atom. The normalized spacial score (nSPS) is 13.7. The number of piperidine rings is 1. The number of carbonyl (C=O) groups excluding carboxylic acids is 1. The van der Waals surface area contributed by atoms with Gasteiger partial charge in [-0.15, -0.1) is 12.4 Å². The van der Waals surface area contributed by atoms with Crippen molar-refractivity contribution in [2.45, 2.75) is 37.0 Å². The number of hydrogen-bond acceptors (Lipinski definition) is 6. The van der Waals surface area contributed by atoms with Gasteiger partial charge in [-0.1, -0.05) is 36.6 Å². The van der Waals surface area contributed by atoms with Crippen molar-refractivity contribution >= 4 is 45.6 Å². The molecule has 1 fully saturated rings. The molecule has 0 atom stereocenters. The third kappa shape index (κ3) is 8.76. The molecular weight excluding hydrogens is 573 g/mol. The van der Waals surface area contributed by atoms with Crippen molar-refractivity contribution < 1.29 is 22.7 Å². The number of ether oxygens (including phenoxy) is 2. The number of rotatable bonds is 12. The minimum Gasteiger partial charge on any atom is -0.493 e. The minimum atomic E-state index is -3.95. The summed E-state index contributed by atoms with van der Waals surface area (Å²) in [7, 11) is -2.45. The van der Waals surface area contributed by atoms with E-state index in [1.807, 2.05) is 0 Å². The molecule has 40 heavy (non-hydrogen) atoms. The SMILES string of the molecule is COc1cc(Cl)ccc1Oc1ccccc1NS(=O)(=O)c1ccc(C(=O)NCCCCC2CCNCC2)cc1.Cl. The smallest absolute Gasteiger partial charge is 0.262 e. The van der Waals surface area contributed by atoms with E-state index in [4.69, 9.17) is 21.1 Å². The first-order valence-electron chi connectivity index (χ1n) is 13.1. The molecule has 11 heteroatoms. The van der Waals surface area contributed by atoms with Gasteiger partial charge in [0, 0.05) is 23.2 Å². The lowest BCUT2D eigenvalue weighted by molar-refractivity contribution is 0.0952. The van der Waals surface area contributed by atoms with Gasteiger partial charge in [-0.25, -0.2) is 8.42 Å². The maximum Gasteiger partial charge on any atom is 0.262 e. The molecule has 1 amide bonds. The number of benzene rings is 3. The van der Waals surface area contributed by atoms with Gasteiger partial charge in [0.15, 0.2) is 17.2 Å². The van der Waals surface area contributed by atoms with E-state index in [1.165, 1.54) is 50.6 Å². The van der Waals surface area contributed by atoms with Crippen LogP contribution in [0.4, 0.5) is 5.69 Å². The summed E-state index contributed by atoms with van der Waals surface area (Å²) < 4.78 is 40.1. The molecule has 1 aliphatic heterocycles. The Bertz CT molecular complexity index is 1360. The topological polar surface area (TPSA) is 106 Å². The summed E-state index contributed by atoms with van der Waals surface area (Å²) in [6, 6.07) is 17.4. The number of unbranched alkanes of at least 4 members (excludes halogenated alkanes) is 1. The van der Waals surface area contributed by atoms with Crippen LogP contribution in [0.15, 0.2) is 71.6 Å². The van der Waals surface area contributed by atoms with Crippen LogP contribution in [0.2, 0.25) is 5.02 Å². The number of carbonyl (C=O) groups is 1. The van der Waals surface area contributed by atoms with Gasteiger partial charge < -0.3 is 20.1 Å². The first-order chi connectivity index (χ1) is 18.9. The maximum absolute atomic E-state index is 13.1. The van der Waals surface area contributed by atoms with E-state index in [0.29, 0.717) is 28.6 Å². The number of hydrogen-bond donors (Lipinski definition) is 3. The lowest BCUT2D eigenvalue weighted by Gasteiger charge is -2.22. The van der Waals surface area contributed by atoms with E-state index in [0.717, 1.165) is 31.8 Å². The Morgan fingerprint density at radius 2 is 1.70 bits per heavy atom. The fraction of sp³-hybridized carbons (Fsp3) is 0.345. The zero-order valence-corrected chi connectivity index (χ0v) is 24.7. The highest BCUT2D eigenvalue weighted by Gasteiger charge is 2.19. The highest BCUT2D eigenvalue weighted by Crippen LogP contribution is 2.37. The Balaban J connectivity index is 0.00000441. The molecule has 0 bridgehead atoms. The number of para-hydroxylation sites is 2. The quantitative estimate of drug-likeness (QED) is 0.210. The van der Waals surface area contributed by atoms with Crippen LogP contribution in [-0.4, -0.2) is 41.1 Å².